The summed E-state index contributed by atoms with van der Waals surface area (Å²) in [6.45, 7) is 4.10. The highest BCUT2D eigenvalue weighted by atomic mass is 16.5. The van der Waals surface area contributed by atoms with Gasteiger partial charge in [-0.05, 0) is 104 Å². The Morgan fingerprint density at radius 3 is 2.67 bits per heavy atom. The van der Waals surface area contributed by atoms with Gasteiger partial charge in [-0.15, -0.1) is 0 Å². The summed E-state index contributed by atoms with van der Waals surface area (Å²) in [5.74, 6) is 4.04. The van der Waals surface area contributed by atoms with Crippen LogP contribution in [0.5, 0.6) is 0 Å². The number of allylic oxidation sites excluding steroid dienone is 2. The number of hydrogen-bond acceptors (Lipinski definition) is 3. The molecule has 0 aromatic heterocycles. The Balaban J connectivity index is 1.39. The summed E-state index contributed by atoms with van der Waals surface area (Å²) >= 11 is 0. The van der Waals surface area contributed by atoms with E-state index in [4.69, 9.17) is 4.74 Å². The van der Waals surface area contributed by atoms with Crippen LogP contribution >= 0.6 is 0 Å². The standard InChI is InChI=1S/C24H34O3/c1-15(25)27-19-8-10-23(2)16(14-19)3-5-20-21(23)9-12-24-11-7-18(26)13-17(24)4-6-22(20)24/h7,11,16-17,19-22H,3-6,8-10,12-14H2,1-2H3/t16-,17-,19-,20-,21+,22+,23+,24?/m1/s1. The fourth-order valence-electron chi connectivity index (χ4n) is 8.59. The van der Waals surface area contributed by atoms with Crippen LogP contribution in [0.15, 0.2) is 12.2 Å². The zero-order chi connectivity index (χ0) is 18.8. The molecular formula is C24H34O3. The summed E-state index contributed by atoms with van der Waals surface area (Å²) in [5.41, 5.74) is 0.765. The first-order chi connectivity index (χ1) is 12.9. The van der Waals surface area contributed by atoms with Gasteiger partial charge in [0, 0.05) is 13.3 Å². The minimum atomic E-state index is -0.118. The molecule has 0 heterocycles. The van der Waals surface area contributed by atoms with E-state index in [0.717, 1.165) is 37.0 Å². The van der Waals surface area contributed by atoms with Crippen molar-refractivity contribution in [3.8, 4) is 0 Å². The molecule has 5 aliphatic rings. The van der Waals surface area contributed by atoms with Crippen molar-refractivity contribution in [3.05, 3.63) is 12.2 Å². The fraction of sp³-hybridized carbons (Fsp3) is 0.833. The summed E-state index contributed by atoms with van der Waals surface area (Å²) in [6.07, 6.45) is 16.4. The molecule has 0 aromatic rings. The van der Waals surface area contributed by atoms with Gasteiger partial charge >= 0.3 is 5.97 Å². The number of ether oxygens (including phenoxy) is 1. The zero-order valence-corrected chi connectivity index (χ0v) is 16.9. The fourth-order valence-corrected chi connectivity index (χ4v) is 8.59. The second kappa shape index (κ2) is 6.19. The van der Waals surface area contributed by atoms with Crippen molar-refractivity contribution in [1.82, 2.24) is 0 Å². The monoisotopic (exact) mass is 370 g/mol. The smallest absolute Gasteiger partial charge is 0.302 e. The summed E-state index contributed by atoms with van der Waals surface area (Å²) < 4.78 is 5.59. The van der Waals surface area contributed by atoms with E-state index in [9.17, 15) is 9.59 Å². The Morgan fingerprint density at radius 1 is 1.04 bits per heavy atom. The summed E-state index contributed by atoms with van der Waals surface area (Å²) in [4.78, 5) is 23.4. The second-order valence-corrected chi connectivity index (χ2v) is 10.6. The minimum Gasteiger partial charge on any atom is -0.463 e. The third-order valence-electron chi connectivity index (χ3n) is 9.74. The lowest BCUT2D eigenvalue weighted by Crippen LogP contribution is -2.54. The van der Waals surface area contributed by atoms with Crippen molar-refractivity contribution in [2.45, 2.75) is 84.2 Å². The van der Waals surface area contributed by atoms with Crippen LogP contribution in [-0.4, -0.2) is 17.9 Å². The van der Waals surface area contributed by atoms with Crippen LogP contribution in [0, 0.1) is 40.4 Å². The van der Waals surface area contributed by atoms with Gasteiger partial charge in [0.15, 0.2) is 5.78 Å². The molecule has 27 heavy (non-hydrogen) atoms. The molecule has 148 valence electrons. The third-order valence-corrected chi connectivity index (χ3v) is 9.74. The Bertz CT molecular complexity index is 681. The molecule has 0 N–H and O–H groups in total. The highest BCUT2D eigenvalue weighted by Crippen LogP contribution is 2.68. The van der Waals surface area contributed by atoms with Crippen LogP contribution in [-0.2, 0) is 14.3 Å². The van der Waals surface area contributed by atoms with Crippen molar-refractivity contribution < 1.29 is 14.3 Å². The van der Waals surface area contributed by atoms with Crippen molar-refractivity contribution in [2.24, 2.45) is 40.4 Å². The topological polar surface area (TPSA) is 43.4 Å². The highest BCUT2D eigenvalue weighted by Gasteiger charge is 2.61. The maximum Gasteiger partial charge on any atom is 0.302 e. The molecule has 5 aliphatic carbocycles. The SMILES string of the molecule is CC(=O)O[C@@H]1CC[C@@]2(C)[C@H](CC[C@H]3[C@@H]4CC[C@@H]5CC(=O)C=CC54CC[C@@H]32)C1. The molecule has 3 heteroatoms. The van der Waals surface area contributed by atoms with Crippen LogP contribution < -0.4 is 0 Å². The molecule has 4 fully saturated rings. The molecule has 0 aliphatic heterocycles. The van der Waals surface area contributed by atoms with E-state index in [1.165, 1.54) is 44.9 Å². The molecule has 8 atom stereocenters. The Kier molecular flexibility index (Phi) is 4.11. The van der Waals surface area contributed by atoms with Crippen LogP contribution in [0.25, 0.3) is 0 Å². The molecule has 0 amide bonds. The Hall–Kier alpha value is -1.12. The van der Waals surface area contributed by atoms with Crippen molar-refractivity contribution in [3.63, 3.8) is 0 Å². The number of carbonyl (C=O) groups excluding carboxylic acids is 2. The molecule has 0 aromatic carbocycles. The normalized spacial score (nSPS) is 51.0. The highest BCUT2D eigenvalue weighted by molar-refractivity contribution is 5.91. The lowest BCUT2D eigenvalue weighted by molar-refractivity contribution is -0.159. The molecule has 0 bridgehead atoms. The van der Waals surface area contributed by atoms with Crippen molar-refractivity contribution in [1.29, 1.82) is 0 Å². The summed E-state index contributed by atoms with van der Waals surface area (Å²) in [6, 6.07) is 0. The number of carbonyl (C=O) groups is 2. The first-order valence-corrected chi connectivity index (χ1v) is 11.3. The van der Waals surface area contributed by atoms with E-state index in [1.807, 2.05) is 6.08 Å². The Morgan fingerprint density at radius 2 is 1.85 bits per heavy atom. The zero-order valence-electron chi connectivity index (χ0n) is 16.9. The number of hydrogen-bond donors (Lipinski definition) is 0. The molecule has 0 saturated heterocycles. The van der Waals surface area contributed by atoms with Gasteiger partial charge in [0.1, 0.15) is 6.10 Å². The lowest BCUT2D eigenvalue weighted by atomic mass is 9.44. The average Bonchev–Trinajstić information content (AvgIpc) is 3.01. The van der Waals surface area contributed by atoms with Gasteiger partial charge in [-0.3, -0.25) is 9.59 Å². The molecule has 0 radical (unpaired) electrons. The van der Waals surface area contributed by atoms with E-state index in [-0.39, 0.29) is 12.1 Å². The first kappa shape index (κ1) is 17.9. The predicted octanol–water partition coefficient (Wildman–Crippen LogP) is 5.09. The molecule has 4 saturated carbocycles. The molecule has 3 nitrogen and oxygen atoms in total. The first-order valence-electron chi connectivity index (χ1n) is 11.3. The quantitative estimate of drug-likeness (QED) is 0.604. The molecular weight excluding hydrogens is 336 g/mol. The maximum absolute atomic E-state index is 12.0. The van der Waals surface area contributed by atoms with Crippen molar-refractivity contribution in [2.75, 3.05) is 0 Å². The van der Waals surface area contributed by atoms with Gasteiger partial charge in [-0.25, -0.2) is 0 Å². The van der Waals surface area contributed by atoms with Gasteiger partial charge in [0.05, 0.1) is 0 Å². The van der Waals surface area contributed by atoms with Gasteiger partial charge in [-0.1, -0.05) is 13.0 Å². The molecule has 1 spiro atoms. The van der Waals surface area contributed by atoms with E-state index in [0.29, 0.717) is 28.4 Å². The van der Waals surface area contributed by atoms with Gasteiger partial charge in [0.2, 0.25) is 0 Å². The van der Waals surface area contributed by atoms with Gasteiger partial charge in [-0.2, -0.15) is 0 Å². The van der Waals surface area contributed by atoms with Crippen molar-refractivity contribution >= 4 is 11.8 Å². The lowest BCUT2D eigenvalue weighted by Gasteiger charge is -2.61. The minimum absolute atomic E-state index is 0.118. The van der Waals surface area contributed by atoms with Crippen LogP contribution in [0.4, 0.5) is 0 Å². The van der Waals surface area contributed by atoms with Gasteiger partial charge < -0.3 is 4.74 Å². The number of rotatable bonds is 1. The summed E-state index contributed by atoms with van der Waals surface area (Å²) in [7, 11) is 0. The Labute approximate surface area is 163 Å². The summed E-state index contributed by atoms with van der Waals surface area (Å²) in [5, 5.41) is 0. The predicted molar refractivity (Wildman–Crippen MR) is 104 cm³/mol. The van der Waals surface area contributed by atoms with Crippen LogP contribution in [0.3, 0.4) is 0 Å². The average molecular weight is 371 g/mol. The largest absolute Gasteiger partial charge is 0.463 e. The number of ketones is 1. The molecule has 1 unspecified atom stereocenters. The van der Waals surface area contributed by atoms with E-state index in [2.05, 4.69) is 13.0 Å². The van der Waals surface area contributed by atoms with E-state index in [1.54, 1.807) is 6.92 Å². The number of fused-ring (bicyclic) bond motifs is 4. The van der Waals surface area contributed by atoms with E-state index >= 15 is 0 Å². The van der Waals surface area contributed by atoms with Gasteiger partial charge in [0.25, 0.3) is 0 Å². The van der Waals surface area contributed by atoms with Crippen LogP contribution in [0.1, 0.15) is 78.1 Å². The molecule has 5 rings (SSSR count). The number of esters is 1. The third kappa shape index (κ3) is 2.59. The second-order valence-electron chi connectivity index (χ2n) is 10.6. The maximum atomic E-state index is 12.0. The van der Waals surface area contributed by atoms with E-state index < -0.39 is 0 Å². The van der Waals surface area contributed by atoms with Crippen LogP contribution in [0.2, 0.25) is 0 Å².